The van der Waals surface area contributed by atoms with Crippen molar-refractivity contribution in [2.45, 2.75) is 116 Å². The Morgan fingerprint density at radius 1 is 0.781 bits per heavy atom. The second-order valence-corrected chi connectivity index (χ2v) is 10.6. The highest BCUT2D eigenvalue weighted by atomic mass is 32.3. The first-order valence-corrected chi connectivity index (χ1v) is 14.1. The maximum atomic E-state index is 12.3. The molecule has 1 atom stereocenters. The Labute approximate surface area is 197 Å². The van der Waals surface area contributed by atoms with E-state index in [1.165, 1.54) is 57.8 Å². The molecule has 0 aliphatic carbocycles. The summed E-state index contributed by atoms with van der Waals surface area (Å²) in [4.78, 5) is 12.3. The SMILES string of the molecule is CCCCCCCCCCCC[N+](C)(C)CCOC(=O)C(CCCCCC)OS(=O)(=O)O. The number of nitrogens with zero attached hydrogens (tertiary/aromatic N) is 1. The van der Waals surface area contributed by atoms with Crippen LogP contribution in [0.1, 0.15) is 110 Å². The third-order valence-corrected chi connectivity index (χ3v) is 6.35. The minimum Gasteiger partial charge on any atom is -0.458 e. The molecule has 0 amide bonds. The lowest BCUT2D eigenvalue weighted by atomic mass is 10.1. The molecule has 7 nitrogen and oxygen atoms in total. The molecule has 0 fully saturated rings. The molecule has 0 radical (unpaired) electrons. The lowest BCUT2D eigenvalue weighted by molar-refractivity contribution is -0.890. The Kier molecular flexibility index (Phi) is 18.3. The van der Waals surface area contributed by atoms with E-state index >= 15 is 0 Å². The molecule has 32 heavy (non-hydrogen) atoms. The van der Waals surface area contributed by atoms with Crippen LogP contribution < -0.4 is 0 Å². The number of quaternary nitrogens is 1. The van der Waals surface area contributed by atoms with Gasteiger partial charge in [-0.1, -0.05) is 90.9 Å². The molecule has 1 N–H and O–H groups in total. The average Bonchev–Trinajstić information content (AvgIpc) is 2.70. The van der Waals surface area contributed by atoms with Gasteiger partial charge in [-0.2, -0.15) is 8.42 Å². The maximum absolute atomic E-state index is 12.3. The van der Waals surface area contributed by atoms with Crippen LogP contribution in [0.2, 0.25) is 0 Å². The lowest BCUT2D eigenvalue weighted by Crippen LogP contribution is -2.43. The van der Waals surface area contributed by atoms with Crippen LogP contribution in [0.5, 0.6) is 0 Å². The number of hydrogen-bond acceptors (Lipinski definition) is 5. The fraction of sp³-hybridized carbons (Fsp3) is 0.958. The fourth-order valence-electron chi connectivity index (χ4n) is 3.73. The smallest absolute Gasteiger partial charge is 0.398 e. The van der Waals surface area contributed by atoms with E-state index in [9.17, 15) is 13.2 Å². The van der Waals surface area contributed by atoms with E-state index in [0.717, 1.165) is 36.7 Å². The lowest BCUT2D eigenvalue weighted by Gasteiger charge is -2.29. The number of esters is 1. The molecule has 0 aliphatic heterocycles. The third-order valence-electron chi connectivity index (χ3n) is 5.88. The standard InChI is InChI=1S/C24H49NO6S/c1-5-7-9-11-12-13-14-15-16-18-20-25(3,4)21-22-30-24(26)23(31-32(27,28)29)19-17-10-8-6-2/h23H,5-22H2,1-4H3/p+1. The first-order chi connectivity index (χ1) is 15.1. The Morgan fingerprint density at radius 2 is 1.25 bits per heavy atom. The molecule has 192 valence electrons. The molecule has 0 aromatic carbocycles. The van der Waals surface area contributed by atoms with Crippen LogP contribution >= 0.6 is 0 Å². The average molecular weight is 481 g/mol. The quantitative estimate of drug-likeness (QED) is 0.0927. The van der Waals surface area contributed by atoms with E-state index in [2.05, 4.69) is 32.1 Å². The van der Waals surface area contributed by atoms with Crippen molar-refractivity contribution in [1.82, 2.24) is 0 Å². The highest BCUT2D eigenvalue weighted by Crippen LogP contribution is 2.14. The van der Waals surface area contributed by atoms with Gasteiger partial charge in [-0.15, -0.1) is 0 Å². The number of carbonyl (C=O) groups is 1. The number of ether oxygens (including phenoxy) is 1. The molecule has 0 saturated heterocycles. The summed E-state index contributed by atoms with van der Waals surface area (Å²) >= 11 is 0. The van der Waals surface area contributed by atoms with Crippen molar-refractivity contribution in [3.8, 4) is 0 Å². The van der Waals surface area contributed by atoms with Gasteiger partial charge in [-0.05, 0) is 19.3 Å². The van der Waals surface area contributed by atoms with Crippen molar-refractivity contribution in [1.29, 1.82) is 0 Å². The van der Waals surface area contributed by atoms with Gasteiger partial charge in [-0.25, -0.2) is 8.98 Å². The van der Waals surface area contributed by atoms with Gasteiger partial charge in [0.25, 0.3) is 0 Å². The summed E-state index contributed by atoms with van der Waals surface area (Å²) in [6.07, 6.45) is 15.5. The van der Waals surface area contributed by atoms with Crippen LogP contribution in [0.15, 0.2) is 0 Å². The van der Waals surface area contributed by atoms with Crippen LogP contribution in [-0.2, 0) is 24.1 Å². The van der Waals surface area contributed by atoms with Gasteiger partial charge in [0.15, 0.2) is 6.10 Å². The van der Waals surface area contributed by atoms with Crippen LogP contribution in [-0.4, -0.2) is 63.3 Å². The van der Waals surface area contributed by atoms with Crippen molar-refractivity contribution in [3.05, 3.63) is 0 Å². The molecule has 0 spiro atoms. The molecule has 0 heterocycles. The Hall–Kier alpha value is -0.700. The molecule has 1 unspecified atom stereocenters. The highest BCUT2D eigenvalue weighted by molar-refractivity contribution is 7.80. The minimum atomic E-state index is -4.70. The largest absolute Gasteiger partial charge is 0.458 e. The van der Waals surface area contributed by atoms with Gasteiger partial charge >= 0.3 is 16.4 Å². The van der Waals surface area contributed by atoms with Gasteiger partial charge in [0.2, 0.25) is 0 Å². The molecular weight excluding hydrogens is 430 g/mol. The summed E-state index contributed by atoms with van der Waals surface area (Å²) in [5.74, 6) is -0.724. The van der Waals surface area contributed by atoms with Crippen molar-refractivity contribution >= 4 is 16.4 Å². The topological polar surface area (TPSA) is 89.9 Å². The molecule has 8 heteroatoms. The predicted molar refractivity (Wildman–Crippen MR) is 130 cm³/mol. The molecule has 0 saturated carbocycles. The van der Waals surface area contributed by atoms with Crippen molar-refractivity contribution in [2.75, 3.05) is 33.8 Å². The van der Waals surface area contributed by atoms with Crippen molar-refractivity contribution in [2.24, 2.45) is 0 Å². The normalized spacial score (nSPS) is 13.3. The van der Waals surface area contributed by atoms with E-state index in [1.54, 1.807) is 0 Å². The monoisotopic (exact) mass is 480 g/mol. The predicted octanol–water partition coefficient (Wildman–Crippen LogP) is 5.69. The molecule has 0 aromatic heterocycles. The number of likely N-dealkylation sites (N-methyl/N-ethyl adjacent to an activating group) is 1. The van der Waals surface area contributed by atoms with Crippen LogP contribution in [0.4, 0.5) is 0 Å². The highest BCUT2D eigenvalue weighted by Gasteiger charge is 2.27. The van der Waals surface area contributed by atoms with E-state index < -0.39 is 22.5 Å². The summed E-state index contributed by atoms with van der Waals surface area (Å²) in [5.41, 5.74) is 0. The Morgan fingerprint density at radius 3 is 1.75 bits per heavy atom. The summed E-state index contributed by atoms with van der Waals surface area (Å²) in [5, 5.41) is 0. The zero-order valence-electron chi connectivity index (χ0n) is 21.1. The van der Waals surface area contributed by atoms with E-state index in [4.69, 9.17) is 9.29 Å². The summed E-state index contributed by atoms with van der Waals surface area (Å²) in [7, 11) is -0.478. The van der Waals surface area contributed by atoms with Gasteiger partial charge < -0.3 is 9.22 Å². The van der Waals surface area contributed by atoms with E-state index in [1.807, 2.05) is 0 Å². The fourth-order valence-corrected chi connectivity index (χ4v) is 4.20. The Bertz CT molecular complexity index is 565. The molecule has 0 aromatic rings. The third kappa shape index (κ3) is 19.9. The number of carbonyl (C=O) groups excluding carboxylic acids is 1. The maximum Gasteiger partial charge on any atom is 0.398 e. The Balaban J connectivity index is 4.08. The summed E-state index contributed by atoms with van der Waals surface area (Å²) < 4.78 is 41.7. The molecule has 0 bridgehead atoms. The first kappa shape index (κ1) is 31.3. The van der Waals surface area contributed by atoms with E-state index in [0.29, 0.717) is 13.0 Å². The van der Waals surface area contributed by atoms with Gasteiger partial charge in [0.1, 0.15) is 13.2 Å². The zero-order chi connectivity index (χ0) is 24.3. The van der Waals surface area contributed by atoms with Crippen LogP contribution in [0.3, 0.4) is 0 Å². The van der Waals surface area contributed by atoms with Gasteiger partial charge in [0.05, 0.1) is 20.6 Å². The van der Waals surface area contributed by atoms with Crippen LogP contribution in [0, 0.1) is 0 Å². The molecule has 0 rings (SSSR count). The van der Waals surface area contributed by atoms with Crippen molar-refractivity contribution in [3.63, 3.8) is 0 Å². The summed E-state index contributed by atoms with van der Waals surface area (Å²) in [6.45, 7) is 6.17. The first-order valence-electron chi connectivity index (χ1n) is 12.8. The van der Waals surface area contributed by atoms with Gasteiger partial charge in [-0.3, -0.25) is 4.55 Å². The molecule has 0 aliphatic rings. The number of hydrogen-bond donors (Lipinski definition) is 1. The second kappa shape index (κ2) is 18.7. The molecular formula is C24H50NO6S+. The second-order valence-electron chi connectivity index (χ2n) is 9.59. The van der Waals surface area contributed by atoms with Gasteiger partial charge in [0, 0.05) is 0 Å². The minimum absolute atomic E-state index is 0.198. The van der Waals surface area contributed by atoms with Crippen molar-refractivity contribution < 1.29 is 31.2 Å². The van der Waals surface area contributed by atoms with Crippen LogP contribution in [0.25, 0.3) is 0 Å². The van der Waals surface area contributed by atoms with E-state index in [-0.39, 0.29) is 13.0 Å². The number of unbranched alkanes of at least 4 members (excludes halogenated alkanes) is 12. The number of rotatable bonds is 22. The zero-order valence-corrected chi connectivity index (χ0v) is 22.0. The summed E-state index contributed by atoms with van der Waals surface area (Å²) in [6, 6.07) is 0.